The number of carbonyl (C=O) groups is 2. The smallest absolute Gasteiger partial charge is 0.249 e. The Balaban J connectivity index is 1.71. The number of carbonyl (C=O) groups excluding carboxylic acids is 2. The van der Waals surface area contributed by atoms with Gasteiger partial charge >= 0.3 is 0 Å². The van der Waals surface area contributed by atoms with E-state index < -0.39 is 5.91 Å². The lowest BCUT2D eigenvalue weighted by Crippen LogP contribution is -2.18. The molecule has 4 nitrogen and oxygen atoms in total. The standard InChI is InChI=1S/C17H18N2O2S/c1-9-6-7-15(22-9)12-8-13(12)17(21)19-14-5-3-4-11(10(14)2)16(18)20/h3-7,12-13H,8H2,1-2H3,(H2,18,20)(H,19,21)/t12-,13+/m1/s1. The van der Waals surface area contributed by atoms with Gasteiger partial charge in [0.15, 0.2) is 0 Å². The lowest BCUT2D eigenvalue weighted by atomic mass is 10.1. The second-order valence-electron chi connectivity index (χ2n) is 5.73. The van der Waals surface area contributed by atoms with Gasteiger partial charge in [0.1, 0.15) is 0 Å². The summed E-state index contributed by atoms with van der Waals surface area (Å²) in [6, 6.07) is 9.40. The van der Waals surface area contributed by atoms with Crippen LogP contribution in [0, 0.1) is 19.8 Å². The lowest BCUT2D eigenvalue weighted by molar-refractivity contribution is -0.117. The third-order valence-corrected chi connectivity index (χ3v) is 5.24. The Morgan fingerprint density at radius 2 is 2.00 bits per heavy atom. The van der Waals surface area contributed by atoms with Crippen LogP contribution < -0.4 is 11.1 Å². The molecule has 1 heterocycles. The Morgan fingerprint density at radius 1 is 1.23 bits per heavy atom. The van der Waals surface area contributed by atoms with Crippen LogP contribution in [0.4, 0.5) is 5.69 Å². The van der Waals surface area contributed by atoms with Gasteiger partial charge in [0, 0.05) is 32.8 Å². The SMILES string of the molecule is Cc1ccc([C@@H]2C[C@@H]2C(=O)Nc2cccc(C(N)=O)c2C)s1. The van der Waals surface area contributed by atoms with Crippen molar-refractivity contribution in [2.24, 2.45) is 11.7 Å². The Morgan fingerprint density at radius 3 is 2.64 bits per heavy atom. The lowest BCUT2D eigenvalue weighted by Gasteiger charge is -2.10. The predicted molar refractivity (Wildman–Crippen MR) is 88.2 cm³/mol. The normalized spacial score (nSPS) is 19.7. The molecule has 22 heavy (non-hydrogen) atoms. The number of rotatable bonds is 4. The van der Waals surface area contributed by atoms with Gasteiger partial charge in [0.2, 0.25) is 11.8 Å². The van der Waals surface area contributed by atoms with Gasteiger partial charge in [-0.3, -0.25) is 9.59 Å². The molecule has 0 unspecified atom stereocenters. The van der Waals surface area contributed by atoms with Crippen LogP contribution >= 0.6 is 11.3 Å². The third kappa shape index (κ3) is 2.76. The molecule has 0 radical (unpaired) electrons. The average molecular weight is 314 g/mol. The first-order chi connectivity index (χ1) is 10.5. The molecule has 0 aliphatic heterocycles. The van der Waals surface area contributed by atoms with E-state index in [2.05, 4.69) is 24.4 Å². The van der Waals surface area contributed by atoms with Crippen LogP contribution in [-0.2, 0) is 4.79 Å². The van der Waals surface area contributed by atoms with Crippen LogP contribution in [-0.4, -0.2) is 11.8 Å². The van der Waals surface area contributed by atoms with E-state index in [1.165, 1.54) is 9.75 Å². The van der Waals surface area contributed by atoms with Crippen molar-refractivity contribution in [3.05, 3.63) is 51.2 Å². The van der Waals surface area contributed by atoms with Crippen molar-refractivity contribution in [2.45, 2.75) is 26.2 Å². The van der Waals surface area contributed by atoms with Crippen LogP contribution in [0.1, 0.15) is 38.0 Å². The summed E-state index contributed by atoms with van der Waals surface area (Å²) in [6.07, 6.45) is 0.889. The minimum absolute atomic E-state index is 0.0146. The molecule has 1 aromatic heterocycles. The molecule has 1 saturated carbocycles. The second kappa shape index (κ2) is 5.57. The van der Waals surface area contributed by atoms with Crippen LogP contribution in [0.3, 0.4) is 0 Å². The number of benzene rings is 1. The molecule has 1 aromatic carbocycles. The van der Waals surface area contributed by atoms with Crippen molar-refractivity contribution in [2.75, 3.05) is 5.32 Å². The molecule has 0 bridgehead atoms. The monoisotopic (exact) mass is 314 g/mol. The Hall–Kier alpha value is -2.14. The maximum Gasteiger partial charge on any atom is 0.249 e. The maximum atomic E-state index is 12.4. The highest BCUT2D eigenvalue weighted by molar-refractivity contribution is 7.12. The first-order valence-corrected chi connectivity index (χ1v) is 8.05. The van der Waals surface area contributed by atoms with Gasteiger partial charge in [0.05, 0.1) is 0 Å². The highest BCUT2D eigenvalue weighted by Gasteiger charge is 2.44. The van der Waals surface area contributed by atoms with Gasteiger partial charge in [-0.25, -0.2) is 0 Å². The molecular weight excluding hydrogens is 296 g/mol. The maximum absolute atomic E-state index is 12.4. The van der Waals surface area contributed by atoms with E-state index in [0.29, 0.717) is 22.7 Å². The van der Waals surface area contributed by atoms with Crippen molar-refractivity contribution < 1.29 is 9.59 Å². The summed E-state index contributed by atoms with van der Waals surface area (Å²) in [4.78, 5) is 26.3. The molecule has 1 aliphatic carbocycles. The number of nitrogens with one attached hydrogen (secondary N) is 1. The summed E-state index contributed by atoms with van der Waals surface area (Å²) in [6.45, 7) is 3.87. The minimum Gasteiger partial charge on any atom is -0.366 e. The fourth-order valence-corrected chi connectivity index (χ4v) is 3.77. The van der Waals surface area contributed by atoms with Crippen LogP contribution in [0.15, 0.2) is 30.3 Å². The van der Waals surface area contributed by atoms with E-state index >= 15 is 0 Å². The number of anilines is 1. The Labute approximate surface area is 133 Å². The molecule has 0 spiro atoms. The largest absolute Gasteiger partial charge is 0.366 e. The number of amides is 2. The van der Waals surface area contributed by atoms with E-state index in [4.69, 9.17) is 5.73 Å². The molecule has 114 valence electrons. The molecule has 1 fully saturated rings. The molecule has 5 heteroatoms. The number of hydrogen-bond donors (Lipinski definition) is 2. The number of hydrogen-bond acceptors (Lipinski definition) is 3. The van der Waals surface area contributed by atoms with Crippen molar-refractivity contribution in [3.8, 4) is 0 Å². The summed E-state index contributed by atoms with van der Waals surface area (Å²) >= 11 is 1.75. The van der Waals surface area contributed by atoms with E-state index in [9.17, 15) is 9.59 Å². The fourth-order valence-electron chi connectivity index (χ4n) is 2.72. The van der Waals surface area contributed by atoms with Crippen molar-refractivity contribution >= 4 is 28.8 Å². The molecule has 0 saturated heterocycles. The summed E-state index contributed by atoms with van der Waals surface area (Å²) in [5.41, 5.74) is 7.16. The number of nitrogens with two attached hydrogens (primary N) is 1. The Kier molecular flexibility index (Phi) is 3.74. The number of primary amides is 1. The topological polar surface area (TPSA) is 72.2 Å². The average Bonchev–Trinajstić information content (AvgIpc) is 3.16. The van der Waals surface area contributed by atoms with E-state index in [1.54, 1.807) is 36.5 Å². The van der Waals surface area contributed by atoms with Crippen LogP contribution in [0.2, 0.25) is 0 Å². The zero-order chi connectivity index (χ0) is 15.9. The summed E-state index contributed by atoms with van der Waals surface area (Å²) in [7, 11) is 0. The van der Waals surface area contributed by atoms with Crippen molar-refractivity contribution in [1.82, 2.24) is 0 Å². The van der Waals surface area contributed by atoms with Gasteiger partial charge in [-0.15, -0.1) is 11.3 Å². The van der Waals surface area contributed by atoms with Gasteiger partial charge in [-0.2, -0.15) is 0 Å². The highest BCUT2D eigenvalue weighted by atomic mass is 32.1. The van der Waals surface area contributed by atoms with Gasteiger partial charge < -0.3 is 11.1 Å². The Bertz CT molecular complexity index is 751. The molecule has 3 rings (SSSR count). The molecular formula is C17H18N2O2S. The first kappa shape index (κ1) is 14.8. The summed E-state index contributed by atoms with van der Waals surface area (Å²) < 4.78 is 0. The van der Waals surface area contributed by atoms with Crippen molar-refractivity contribution in [1.29, 1.82) is 0 Å². The summed E-state index contributed by atoms with van der Waals surface area (Å²) in [5, 5.41) is 2.93. The third-order valence-electron chi connectivity index (χ3n) is 4.11. The zero-order valence-corrected chi connectivity index (χ0v) is 13.4. The number of aryl methyl sites for hydroxylation is 1. The van der Waals surface area contributed by atoms with Crippen molar-refractivity contribution in [3.63, 3.8) is 0 Å². The van der Waals surface area contributed by atoms with Gasteiger partial charge in [0.25, 0.3) is 0 Å². The van der Waals surface area contributed by atoms with Crippen LogP contribution in [0.25, 0.3) is 0 Å². The first-order valence-electron chi connectivity index (χ1n) is 7.24. The zero-order valence-electron chi connectivity index (χ0n) is 12.6. The molecule has 2 atom stereocenters. The predicted octanol–water partition coefficient (Wildman–Crippen LogP) is 3.21. The number of thiophene rings is 1. The molecule has 3 N–H and O–H groups in total. The van der Waals surface area contributed by atoms with Crippen LogP contribution in [0.5, 0.6) is 0 Å². The van der Waals surface area contributed by atoms with E-state index in [-0.39, 0.29) is 11.8 Å². The van der Waals surface area contributed by atoms with E-state index in [0.717, 1.165) is 6.42 Å². The fraction of sp³-hybridized carbons (Fsp3) is 0.294. The van der Waals surface area contributed by atoms with Gasteiger partial charge in [-0.05, 0) is 50.1 Å². The molecule has 2 aromatic rings. The van der Waals surface area contributed by atoms with Gasteiger partial charge in [-0.1, -0.05) is 6.07 Å². The highest BCUT2D eigenvalue weighted by Crippen LogP contribution is 2.50. The molecule has 1 aliphatic rings. The second-order valence-corrected chi connectivity index (χ2v) is 7.05. The van der Waals surface area contributed by atoms with E-state index in [1.807, 2.05) is 0 Å². The minimum atomic E-state index is -0.480. The molecule has 2 amide bonds. The summed E-state index contributed by atoms with van der Waals surface area (Å²) in [5.74, 6) is -0.110. The quantitative estimate of drug-likeness (QED) is 0.909.